The Kier molecular flexibility index (Phi) is 8.94. The summed E-state index contributed by atoms with van der Waals surface area (Å²) in [5.74, 6) is 0.738. The molecule has 0 fully saturated rings. The average molecular weight is 412 g/mol. The van der Waals surface area contributed by atoms with Gasteiger partial charge in [-0.15, -0.1) is 0 Å². The smallest absolute Gasteiger partial charge is 0.333 e. The minimum Gasteiger partial charge on any atom is -0.493 e. The van der Waals surface area contributed by atoms with Crippen LogP contribution in [-0.4, -0.2) is 38.4 Å². The summed E-state index contributed by atoms with van der Waals surface area (Å²) < 4.78 is 21.5. The molecule has 0 aliphatic rings. The van der Waals surface area contributed by atoms with Crippen LogP contribution in [0.1, 0.15) is 26.7 Å². The lowest BCUT2D eigenvalue weighted by Gasteiger charge is -2.10. The predicted octanol–water partition coefficient (Wildman–Crippen LogP) is 4.62. The molecule has 0 amide bonds. The lowest BCUT2D eigenvalue weighted by atomic mass is 10.1. The first kappa shape index (κ1) is 23.0. The molecule has 2 aromatic carbocycles. The normalized spacial score (nSPS) is 10.3. The first-order valence-corrected chi connectivity index (χ1v) is 9.81. The van der Waals surface area contributed by atoms with E-state index in [9.17, 15) is 9.59 Å². The maximum Gasteiger partial charge on any atom is 0.333 e. The van der Waals surface area contributed by atoms with Gasteiger partial charge in [-0.25, -0.2) is 9.59 Å². The summed E-state index contributed by atoms with van der Waals surface area (Å²) in [5.41, 5.74) is 0.778. The summed E-state index contributed by atoms with van der Waals surface area (Å²) in [4.78, 5) is 22.6. The highest BCUT2D eigenvalue weighted by Crippen LogP contribution is 2.25. The Bertz CT molecular complexity index is 840. The van der Waals surface area contributed by atoms with Crippen LogP contribution in [0.3, 0.4) is 0 Å². The van der Waals surface area contributed by atoms with E-state index in [1.807, 2.05) is 36.4 Å². The molecule has 30 heavy (non-hydrogen) atoms. The van der Waals surface area contributed by atoms with Crippen LogP contribution in [-0.2, 0) is 19.1 Å². The minimum absolute atomic E-state index is 0.298. The Hall–Kier alpha value is -3.28. The number of rotatable bonds is 12. The summed E-state index contributed by atoms with van der Waals surface area (Å²) in [5, 5.41) is 2.06. The molecule has 0 unspecified atom stereocenters. The summed E-state index contributed by atoms with van der Waals surface area (Å²) >= 11 is 0. The lowest BCUT2D eigenvalue weighted by molar-refractivity contribution is -0.140. The highest BCUT2D eigenvalue weighted by molar-refractivity contribution is 5.87. The van der Waals surface area contributed by atoms with Gasteiger partial charge >= 0.3 is 11.9 Å². The zero-order valence-electron chi connectivity index (χ0n) is 17.6. The molecule has 0 saturated carbocycles. The number of benzene rings is 2. The Balaban J connectivity index is 1.76. The Morgan fingerprint density at radius 3 is 1.47 bits per heavy atom. The van der Waals surface area contributed by atoms with E-state index >= 15 is 0 Å². The molecule has 6 nitrogen and oxygen atoms in total. The summed E-state index contributed by atoms with van der Waals surface area (Å²) in [6.45, 7) is 11.8. The number of hydrogen-bond donors (Lipinski definition) is 0. The number of hydrogen-bond acceptors (Lipinski definition) is 6. The molecule has 0 radical (unpaired) electrons. The molecule has 2 rings (SSSR count). The molecule has 6 heteroatoms. The summed E-state index contributed by atoms with van der Waals surface area (Å²) in [6, 6.07) is 11.6. The van der Waals surface area contributed by atoms with Crippen molar-refractivity contribution in [1.82, 2.24) is 0 Å². The van der Waals surface area contributed by atoms with Gasteiger partial charge in [-0.05, 0) is 48.9 Å². The monoisotopic (exact) mass is 412 g/mol. The first-order chi connectivity index (χ1) is 14.4. The van der Waals surface area contributed by atoms with E-state index in [4.69, 9.17) is 18.9 Å². The second-order valence-electron chi connectivity index (χ2n) is 6.91. The molecule has 0 atom stereocenters. The molecule has 0 spiro atoms. The van der Waals surface area contributed by atoms with Gasteiger partial charge in [-0.3, -0.25) is 0 Å². The molecular weight excluding hydrogens is 384 g/mol. The number of carbonyl (C=O) groups excluding carboxylic acids is 2. The highest BCUT2D eigenvalue weighted by Gasteiger charge is 2.05. The van der Waals surface area contributed by atoms with E-state index < -0.39 is 0 Å². The van der Waals surface area contributed by atoms with Crippen molar-refractivity contribution in [3.63, 3.8) is 0 Å². The number of ether oxygens (including phenoxy) is 4. The third kappa shape index (κ3) is 7.62. The van der Waals surface area contributed by atoms with Gasteiger partial charge in [0.25, 0.3) is 0 Å². The van der Waals surface area contributed by atoms with Crippen molar-refractivity contribution in [2.24, 2.45) is 0 Å². The number of fused-ring (bicyclic) bond motifs is 1. The third-order valence-corrected chi connectivity index (χ3v) is 4.06. The molecular formula is C24H28O6. The van der Waals surface area contributed by atoms with Crippen molar-refractivity contribution in [1.29, 1.82) is 0 Å². The highest BCUT2D eigenvalue weighted by atomic mass is 16.5. The molecule has 0 N–H and O–H groups in total. The van der Waals surface area contributed by atoms with Gasteiger partial charge in [0.2, 0.25) is 0 Å². The minimum atomic E-state index is -0.383. The zero-order valence-corrected chi connectivity index (χ0v) is 17.6. The SMILES string of the molecule is C=C(C)C(=O)OCCCOc1ccc2cc(OCCCOC(=O)C(=C)C)ccc2c1. The van der Waals surface area contributed by atoms with Crippen LogP contribution < -0.4 is 9.47 Å². The molecule has 0 saturated heterocycles. The Morgan fingerprint density at radius 2 is 1.10 bits per heavy atom. The molecule has 160 valence electrons. The van der Waals surface area contributed by atoms with Gasteiger partial charge in [-0.1, -0.05) is 25.3 Å². The van der Waals surface area contributed by atoms with Gasteiger partial charge in [0.15, 0.2) is 0 Å². The van der Waals surface area contributed by atoms with Crippen molar-refractivity contribution < 1.29 is 28.5 Å². The van der Waals surface area contributed by atoms with Crippen LogP contribution in [0, 0.1) is 0 Å². The van der Waals surface area contributed by atoms with Gasteiger partial charge in [-0.2, -0.15) is 0 Å². The second-order valence-corrected chi connectivity index (χ2v) is 6.91. The van der Waals surface area contributed by atoms with Crippen molar-refractivity contribution in [3.8, 4) is 11.5 Å². The number of esters is 2. The Morgan fingerprint density at radius 1 is 0.700 bits per heavy atom. The van der Waals surface area contributed by atoms with E-state index in [-0.39, 0.29) is 11.9 Å². The van der Waals surface area contributed by atoms with Crippen LogP contribution in [0.15, 0.2) is 60.7 Å². The van der Waals surface area contributed by atoms with E-state index in [0.29, 0.717) is 50.4 Å². The van der Waals surface area contributed by atoms with E-state index in [1.165, 1.54) is 0 Å². The maximum absolute atomic E-state index is 11.3. The standard InChI is InChI=1S/C24H28O6/c1-17(2)23(25)29-13-5-11-27-21-9-7-20-16-22(10-8-19(20)15-21)28-12-6-14-30-24(26)18(3)4/h7-10,15-16H,1,3,5-6,11-14H2,2,4H3. The van der Waals surface area contributed by atoms with E-state index in [1.54, 1.807) is 13.8 Å². The third-order valence-electron chi connectivity index (χ3n) is 4.06. The fourth-order valence-corrected chi connectivity index (χ4v) is 2.46. The van der Waals surface area contributed by atoms with Gasteiger partial charge in [0.1, 0.15) is 11.5 Å². The fraction of sp³-hybridized carbons (Fsp3) is 0.333. The summed E-state index contributed by atoms with van der Waals surface area (Å²) in [6.07, 6.45) is 1.21. The van der Waals surface area contributed by atoms with Gasteiger partial charge < -0.3 is 18.9 Å². The average Bonchev–Trinajstić information content (AvgIpc) is 2.72. The zero-order chi connectivity index (χ0) is 21.9. The van der Waals surface area contributed by atoms with E-state index in [0.717, 1.165) is 22.3 Å². The van der Waals surface area contributed by atoms with Crippen molar-refractivity contribution >= 4 is 22.7 Å². The largest absolute Gasteiger partial charge is 0.493 e. The van der Waals surface area contributed by atoms with Crippen LogP contribution >= 0.6 is 0 Å². The van der Waals surface area contributed by atoms with Crippen LogP contribution in [0.4, 0.5) is 0 Å². The molecule has 0 aliphatic carbocycles. The number of carbonyl (C=O) groups is 2. The van der Waals surface area contributed by atoms with Gasteiger partial charge in [0, 0.05) is 24.0 Å². The topological polar surface area (TPSA) is 71.1 Å². The predicted molar refractivity (Wildman–Crippen MR) is 116 cm³/mol. The molecule has 0 aliphatic heterocycles. The lowest BCUT2D eigenvalue weighted by Crippen LogP contribution is -2.09. The maximum atomic E-state index is 11.3. The van der Waals surface area contributed by atoms with Crippen molar-refractivity contribution in [2.75, 3.05) is 26.4 Å². The van der Waals surface area contributed by atoms with Crippen LogP contribution in [0.2, 0.25) is 0 Å². The van der Waals surface area contributed by atoms with Crippen molar-refractivity contribution in [3.05, 3.63) is 60.7 Å². The Labute approximate surface area is 177 Å². The van der Waals surface area contributed by atoms with Gasteiger partial charge in [0.05, 0.1) is 26.4 Å². The quantitative estimate of drug-likeness (QED) is 0.288. The molecule has 0 bridgehead atoms. The first-order valence-electron chi connectivity index (χ1n) is 9.81. The van der Waals surface area contributed by atoms with Crippen LogP contribution in [0.25, 0.3) is 10.8 Å². The molecule has 0 aromatic heterocycles. The van der Waals surface area contributed by atoms with Crippen LogP contribution in [0.5, 0.6) is 11.5 Å². The fourth-order valence-electron chi connectivity index (χ4n) is 2.46. The second kappa shape index (κ2) is 11.7. The molecule has 0 heterocycles. The van der Waals surface area contributed by atoms with E-state index in [2.05, 4.69) is 13.2 Å². The molecule has 2 aromatic rings. The van der Waals surface area contributed by atoms with Crippen molar-refractivity contribution in [2.45, 2.75) is 26.7 Å². The summed E-state index contributed by atoms with van der Waals surface area (Å²) in [7, 11) is 0.